The summed E-state index contributed by atoms with van der Waals surface area (Å²) in [7, 11) is 1.59. The Morgan fingerprint density at radius 3 is 2.92 bits per heavy atom. The summed E-state index contributed by atoms with van der Waals surface area (Å²) < 4.78 is 6.04. The SMILES string of the molecule is CCOC(=O)c1cc(C=O)n(C)n1. The monoisotopic (exact) mass is 182 g/mol. The lowest BCUT2D eigenvalue weighted by Crippen LogP contribution is -2.06. The van der Waals surface area contributed by atoms with Crippen LogP contribution in [-0.2, 0) is 11.8 Å². The first-order valence-corrected chi connectivity index (χ1v) is 3.85. The Balaban J connectivity index is 2.90. The largest absolute Gasteiger partial charge is 0.461 e. The lowest BCUT2D eigenvalue weighted by atomic mass is 10.4. The van der Waals surface area contributed by atoms with Crippen LogP contribution < -0.4 is 0 Å². The van der Waals surface area contributed by atoms with Crippen LogP contribution in [0.4, 0.5) is 0 Å². The van der Waals surface area contributed by atoms with E-state index in [-0.39, 0.29) is 5.69 Å². The molecular weight excluding hydrogens is 172 g/mol. The van der Waals surface area contributed by atoms with Gasteiger partial charge in [0.2, 0.25) is 0 Å². The summed E-state index contributed by atoms with van der Waals surface area (Å²) in [6, 6.07) is 1.39. The van der Waals surface area contributed by atoms with Crippen molar-refractivity contribution in [2.45, 2.75) is 6.92 Å². The van der Waals surface area contributed by atoms with Crippen molar-refractivity contribution in [3.05, 3.63) is 17.5 Å². The molecule has 5 heteroatoms. The smallest absolute Gasteiger partial charge is 0.358 e. The zero-order chi connectivity index (χ0) is 9.84. The fraction of sp³-hybridized carbons (Fsp3) is 0.375. The third-order valence-corrected chi connectivity index (χ3v) is 1.52. The first-order chi connectivity index (χ1) is 6.19. The molecule has 0 aliphatic heterocycles. The second-order valence-corrected chi connectivity index (χ2v) is 2.42. The number of aldehydes is 1. The minimum Gasteiger partial charge on any atom is -0.461 e. The maximum Gasteiger partial charge on any atom is 0.358 e. The molecule has 5 nitrogen and oxygen atoms in total. The Labute approximate surface area is 75.3 Å². The summed E-state index contributed by atoms with van der Waals surface area (Å²) in [6.45, 7) is 2.01. The minimum atomic E-state index is -0.508. The van der Waals surface area contributed by atoms with Gasteiger partial charge in [-0.15, -0.1) is 0 Å². The van der Waals surface area contributed by atoms with E-state index >= 15 is 0 Å². The van der Waals surface area contributed by atoms with Crippen LogP contribution in [0.15, 0.2) is 6.07 Å². The maximum atomic E-state index is 11.1. The van der Waals surface area contributed by atoms with E-state index in [1.165, 1.54) is 10.7 Å². The van der Waals surface area contributed by atoms with E-state index in [9.17, 15) is 9.59 Å². The molecule has 0 N–H and O–H groups in total. The number of hydrogen-bond donors (Lipinski definition) is 0. The summed E-state index contributed by atoms with van der Waals surface area (Å²) >= 11 is 0. The zero-order valence-corrected chi connectivity index (χ0v) is 7.48. The third-order valence-electron chi connectivity index (χ3n) is 1.52. The van der Waals surface area contributed by atoms with E-state index < -0.39 is 5.97 Å². The van der Waals surface area contributed by atoms with Gasteiger partial charge in [-0.2, -0.15) is 5.10 Å². The zero-order valence-electron chi connectivity index (χ0n) is 7.48. The lowest BCUT2D eigenvalue weighted by Gasteiger charge is -1.95. The summed E-state index contributed by atoms with van der Waals surface area (Å²) in [6.07, 6.45) is 0.635. The summed E-state index contributed by atoms with van der Waals surface area (Å²) in [5.41, 5.74) is 0.509. The highest BCUT2D eigenvalue weighted by Crippen LogP contribution is 2.02. The van der Waals surface area contributed by atoms with Crippen molar-refractivity contribution < 1.29 is 14.3 Å². The quantitative estimate of drug-likeness (QED) is 0.501. The van der Waals surface area contributed by atoms with Crippen molar-refractivity contribution in [1.82, 2.24) is 9.78 Å². The molecule has 0 saturated carbocycles. The molecule has 0 unspecified atom stereocenters. The first kappa shape index (κ1) is 9.44. The van der Waals surface area contributed by atoms with E-state index in [1.54, 1.807) is 14.0 Å². The Morgan fingerprint density at radius 1 is 1.77 bits per heavy atom. The van der Waals surface area contributed by atoms with Crippen LogP contribution in [0.25, 0.3) is 0 Å². The Morgan fingerprint density at radius 2 is 2.46 bits per heavy atom. The molecule has 13 heavy (non-hydrogen) atoms. The molecule has 0 saturated heterocycles. The number of ether oxygens (including phenoxy) is 1. The maximum absolute atomic E-state index is 11.1. The van der Waals surface area contributed by atoms with E-state index in [0.29, 0.717) is 18.6 Å². The topological polar surface area (TPSA) is 61.2 Å². The molecular formula is C8H10N2O3. The van der Waals surface area contributed by atoms with E-state index in [0.717, 1.165) is 0 Å². The second-order valence-electron chi connectivity index (χ2n) is 2.42. The number of nitrogens with zero attached hydrogens (tertiary/aromatic N) is 2. The summed E-state index contributed by atoms with van der Waals surface area (Å²) in [5.74, 6) is -0.508. The van der Waals surface area contributed by atoms with Crippen molar-refractivity contribution in [1.29, 1.82) is 0 Å². The molecule has 0 amide bonds. The van der Waals surface area contributed by atoms with Gasteiger partial charge in [0.1, 0.15) is 5.69 Å². The molecule has 0 fully saturated rings. The number of carbonyl (C=O) groups excluding carboxylic acids is 2. The molecule has 1 aromatic rings. The van der Waals surface area contributed by atoms with Crippen LogP contribution >= 0.6 is 0 Å². The molecule has 1 aromatic heterocycles. The van der Waals surface area contributed by atoms with Crippen molar-refractivity contribution in [3.8, 4) is 0 Å². The van der Waals surface area contributed by atoms with Gasteiger partial charge >= 0.3 is 5.97 Å². The Bertz CT molecular complexity index is 330. The molecule has 0 spiro atoms. The average Bonchev–Trinajstić information content (AvgIpc) is 2.47. The number of rotatable bonds is 3. The molecule has 0 aromatic carbocycles. The molecule has 70 valence electrons. The van der Waals surface area contributed by atoms with Gasteiger partial charge in [-0.3, -0.25) is 9.48 Å². The standard InChI is InChI=1S/C8H10N2O3/c1-3-13-8(12)7-4-6(5-11)10(2)9-7/h4-5H,3H2,1-2H3. The number of carbonyl (C=O) groups is 2. The highest BCUT2D eigenvalue weighted by atomic mass is 16.5. The van der Waals surface area contributed by atoms with Crippen LogP contribution in [0, 0.1) is 0 Å². The third kappa shape index (κ3) is 1.93. The van der Waals surface area contributed by atoms with E-state index in [4.69, 9.17) is 4.74 Å². The Hall–Kier alpha value is -1.65. The van der Waals surface area contributed by atoms with Crippen LogP contribution in [0.2, 0.25) is 0 Å². The van der Waals surface area contributed by atoms with Gasteiger partial charge in [-0.1, -0.05) is 0 Å². The molecule has 0 aliphatic rings. The van der Waals surface area contributed by atoms with Crippen LogP contribution in [0.3, 0.4) is 0 Å². The van der Waals surface area contributed by atoms with Gasteiger partial charge in [0.15, 0.2) is 12.0 Å². The molecule has 1 rings (SSSR count). The second kappa shape index (κ2) is 3.84. The van der Waals surface area contributed by atoms with Crippen molar-refractivity contribution in [2.24, 2.45) is 7.05 Å². The molecule has 0 atom stereocenters. The Kier molecular flexibility index (Phi) is 2.79. The van der Waals surface area contributed by atoms with Gasteiger partial charge in [-0.05, 0) is 6.92 Å². The van der Waals surface area contributed by atoms with Gasteiger partial charge in [0.05, 0.1) is 6.61 Å². The molecule has 0 radical (unpaired) electrons. The minimum absolute atomic E-state index is 0.159. The fourth-order valence-corrected chi connectivity index (χ4v) is 0.897. The van der Waals surface area contributed by atoms with Gasteiger partial charge < -0.3 is 4.74 Å². The molecule has 1 heterocycles. The van der Waals surface area contributed by atoms with Crippen molar-refractivity contribution >= 4 is 12.3 Å². The van der Waals surface area contributed by atoms with Gasteiger partial charge in [0, 0.05) is 13.1 Å². The van der Waals surface area contributed by atoms with Gasteiger partial charge in [-0.25, -0.2) is 4.79 Å². The van der Waals surface area contributed by atoms with Crippen LogP contribution in [-0.4, -0.2) is 28.6 Å². The number of hydrogen-bond acceptors (Lipinski definition) is 4. The fourth-order valence-electron chi connectivity index (χ4n) is 0.897. The highest BCUT2D eigenvalue weighted by Gasteiger charge is 2.12. The molecule has 0 bridgehead atoms. The first-order valence-electron chi connectivity index (χ1n) is 3.85. The lowest BCUT2D eigenvalue weighted by molar-refractivity contribution is 0.0518. The predicted molar refractivity (Wildman–Crippen MR) is 44.6 cm³/mol. The number of esters is 1. The van der Waals surface area contributed by atoms with Crippen LogP contribution in [0.1, 0.15) is 27.9 Å². The summed E-state index contributed by atoms with van der Waals surface area (Å²) in [5, 5.41) is 3.81. The van der Waals surface area contributed by atoms with E-state index in [1.807, 2.05) is 0 Å². The normalized spacial score (nSPS) is 9.69. The highest BCUT2D eigenvalue weighted by molar-refractivity contribution is 5.89. The molecule has 0 aliphatic carbocycles. The predicted octanol–water partition coefficient (Wildman–Crippen LogP) is 0.409. The van der Waals surface area contributed by atoms with E-state index in [2.05, 4.69) is 5.10 Å². The average molecular weight is 182 g/mol. The van der Waals surface area contributed by atoms with Gasteiger partial charge in [0.25, 0.3) is 0 Å². The van der Waals surface area contributed by atoms with Crippen LogP contribution in [0.5, 0.6) is 0 Å². The number of aromatic nitrogens is 2. The number of aryl methyl sites for hydroxylation is 1. The summed E-state index contributed by atoms with van der Waals surface area (Å²) in [4.78, 5) is 21.5. The van der Waals surface area contributed by atoms with Crippen molar-refractivity contribution in [2.75, 3.05) is 6.61 Å². The van der Waals surface area contributed by atoms with Crippen molar-refractivity contribution in [3.63, 3.8) is 0 Å².